The summed E-state index contributed by atoms with van der Waals surface area (Å²) in [6.45, 7) is 2.76. The predicted octanol–water partition coefficient (Wildman–Crippen LogP) is 3.63. The largest absolute Gasteiger partial charge is 0.490 e. The summed E-state index contributed by atoms with van der Waals surface area (Å²) in [5.41, 5.74) is 3.62. The lowest BCUT2D eigenvalue weighted by Crippen LogP contribution is -2.34. The number of piperidine rings is 1. The third-order valence-electron chi connectivity index (χ3n) is 4.04. The summed E-state index contributed by atoms with van der Waals surface area (Å²) in [6, 6.07) is 16.9. The van der Waals surface area contributed by atoms with Crippen molar-refractivity contribution in [3.8, 4) is 16.9 Å². The molecule has 3 rings (SSSR count). The second-order valence-corrected chi connectivity index (χ2v) is 5.72. The molecule has 1 heterocycles. The third-order valence-corrected chi connectivity index (χ3v) is 4.04. The van der Waals surface area contributed by atoms with E-state index >= 15 is 0 Å². The molecule has 1 N–H and O–H groups in total. The number of methoxy groups -OCH3 is 1. The van der Waals surface area contributed by atoms with Crippen molar-refractivity contribution in [3.05, 3.63) is 54.1 Å². The van der Waals surface area contributed by atoms with Crippen molar-refractivity contribution in [3.63, 3.8) is 0 Å². The van der Waals surface area contributed by atoms with Gasteiger partial charge in [-0.25, -0.2) is 0 Å². The Labute approximate surface area is 132 Å². The standard InChI is InChI=1S/C19H23NO2/c1-21-14-15-2-4-16(5-3-15)17-6-8-18(9-7-17)22-19-10-12-20-13-11-19/h2-9,19-20H,10-14H2,1H3. The maximum absolute atomic E-state index is 6.04. The van der Waals surface area contributed by atoms with Crippen molar-refractivity contribution < 1.29 is 9.47 Å². The van der Waals surface area contributed by atoms with Gasteiger partial charge in [0, 0.05) is 7.11 Å². The Morgan fingerprint density at radius 3 is 2.09 bits per heavy atom. The maximum Gasteiger partial charge on any atom is 0.119 e. The van der Waals surface area contributed by atoms with Crippen LogP contribution in [0.25, 0.3) is 11.1 Å². The van der Waals surface area contributed by atoms with Crippen LogP contribution in [0.4, 0.5) is 0 Å². The summed E-state index contributed by atoms with van der Waals surface area (Å²) in [5.74, 6) is 0.964. The minimum atomic E-state index is 0.348. The molecule has 0 saturated carbocycles. The van der Waals surface area contributed by atoms with Gasteiger partial charge < -0.3 is 14.8 Å². The number of hydrogen-bond acceptors (Lipinski definition) is 3. The highest BCUT2D eigenvalue weighted by molar-refractivity contribution is 5.64. The molecule has 1 fully saturated rings. The molecule has 1 aliphatic rings. The van der Waals surface area contributed by atoms with Gasteiger partial charge in [-0.3, -0.25) is 0 Å². The van der Waals surface area contributed by atoms with E-state index in [1.165, 1.54) is 16.7 Å². The summed E-state index contributed by atoms with van der Waals surface area (Å²) in [5, 5.41) is 3.36. The van der Waals surface area contributed by atoms with Crippen molar-refractivity contribution in [1.29, 1.82) is 0 Å². The average Bonchev–Trinajstić information content (AvgIpc) is 2.58. The van der Waals surface area contributed by atoms with E-state index in [9.17, 15) is 0 Å². The molecule has 0 aromatic heterocycles. The molecule has 0 radical (unpaired) electrons. The molecule has 3 heteroatoms. The van der Waals surface area contributed by atoms with Gasteiger partial charge in [-0.1, -0.05) is 36.4 Å². The van der Waals surface area contributed by atoms with E-state index in [0.717, 1.165) is 31.7 Å². The normalized spacial score (nSPS) is 15.7. The van der Waals surface area contributed by atoms with Gasteiger partial charge in [0.05, 0.1) is 6.61 Å². The summed E-state index contributed by atoms with van der Waals surface area (Å²) < 4.78 is 11.2. The van der Waals surface area contributed by atoms with E-state index in [1.54, 1.807) is 7.11 Å². The van der Waals surface area contributed by atoms with Gasteiger partial charge in [0.1, 0.15) is 11.9 Å². The molecular weight excluding hydrogens is 274 g/mol. The molecular formula is C19H23NO2. The first kappa shape index (κ1) is 15.1. The van der Waals surface area contributed by atoms with Crippen molar-refractivity contribution >= 4 is 0 Å². The van der Waals surface area contributed by atoms with E-state index in [2.05, 4.69) is 53.8 Å². The Bertz CT molecular complexity index is 571. The fraction of sp³-hybridized carbons (Fsp3) is 0.368. The molecule has 0 atom stereocenters. The van der Waals surface area contributed by atoms with Gasteiger partial charge in [-0.2, -0.15) is 0 Å². The zero-order valence-electron chi connectivity index (χ0n) is 13.0. The quantitative estimate of drug-likeness (QED) is 0.914. The zero-order chi connectivity index (χ0) is 15.2. The fourth-order valence-electron chi connectivity index (χ4n) is 2.79. The van der Waals surface area contributed by atoms with Gasteiger partial charge in [-0.05, 0) is 54.8 Å². The highest BCUT2D eigenvalue weighted by Gasteiger charge is 2.14. The number of rotatable bonds is 5. The van der Waals surface area contributed by atoms with Crippen molar-refractivity contribution in [2.24, 2.45) is 0 Å². The minimum Gasteiger partial charge on any atom is -0.490 e. The van der Waals surface area contributed by atoms with Crippen LogP contribution in [0.5, 0.6) is 5.75 Å². The minimum absolute atomic E-state index is 0.348. The summed E-state index contributed by atoms with van der Waals surface area (Å²) in [7, 11) is 1.72. The second kappa shape index (κ2) is 7.43. The Balaban J connectivity index is 1.65. The fourth-order valence-corrected chi connectivity index (χ4v) is 2.79. The van der Waals surface area contributed by atoms with Crippen molar-refractivity contribution in [2.75, 3.05) is 20.2 Å². The molecule has 2 aromatic carbocycles. The predicted molar refractivity (Wildman–Crippen MR) is 89.1 cm³/mol. The highest BCUT2D eigenvalue weighted by Crippen LogP contribution is 2.24. The Morgan fingerprint density at radius 2 is 1.50 bits per heavy atom. The summed E-state index contributed by atoms with van der Waals surface area (Å²) in [4.78, 5) is 0. The Morgan fingerprint density at radius 1 is 0.909 bits per heavy atom. The zero-order valence-corrected chi connectivity index (χ0v) is 13.0. The lowest BCUT2D eigenvalue weighted by molar-refractivity contribution is 0.162. The molecule has 116 valence electrons. The smallest absolute Gasteiger partial charge is 0.119 e. The number of nitrogens with one attached hydrogen (secondary N) is 1. The number of benzene rings is 2. The molecule has 0 aliphatic carbocycles. The van der Waals surface area contributed by atoms with Crippen LogP contribution in [0.1, 0.15) is 18.4 Å². The first-order valence-electron chi connectivity index (χ1n) is 7.91. The van der Waals surface area contributed by atoms with Gasteiger partial charge in [0.25, 0.3) is 0 Å². The van der Waals surface area contributed by atoms with Crippen LogP contribution in [0, 0.1) is 0 Å². The molecule has 0 amide bonds. The SMILES string of the molecule is COCc1ccc(-c2ccc(OC3CCNCC3)cc2)cc1. The van der Waals surface area contributed by atoms with Crippen LogP contribution in [0.2, 0.25) is 0 Å². The van der Waals surface area contributed by atoms with E-state index < -0.39 is 0 Å². The number of hydrogen-bond donors (Lipinski definition) is 1. The van der Waals surface area contributed by atoms with Crippen LogP contribution in [-0.2, 0) is 11.3 Å². The Kier molecular flexibility index (Phi) is 5.09. The van der Waals surface area contributed by atoms with Gasteiger partial charge >= 0.3 is 0 Å². The van der Waals surface area contributed by atoms with Crippen molar-refractivity contribution in [1.82, 2.24) is 5.32 Å². The van der Waals surface area contributed by atoms with Gasteiger partial charge in [-0.15, -0.1) is 0 Å². The van der Waals surface area contributed by atoms with Crippen LogP contribution in [-0.4, -0.2) is 26.3 Å². The van der Waals surface area contributed by atoms with Crippen molar-refractivity contribution in [2.45, 2.75) is 25.6 Å². The molecule has 0 spiro atoms. The van der Waals surface area contributed by atoms with E-state index in [4.69, 9.17) is 9.47 Å². The van der Waals surface area contributed by atoms with Gasteiger partial charge in [0.15, 0.2) is 0 Å². The van der Waals surface area contributed by atoms with Crippen LogP contribution in [0.3, 0.4) is 0 Å². The summed E-state index contributed by atoms with van der Waals surface area (Å²) in [6.07, 6.45) is 2.52. The maximum atomic E-state index is 6.04. The lowest BCUT2D eigenvalue weighted by atomic mass is 10.0. The topological polar surface area (TPSA) is 30.5 Å². The average molecular weight is 297 g/mol. The highest BCUT2D eigenvalue weighted by atomic mass is 16.5. The molecule has 1 aliphatic heterocycles. The first-order chi connectivity index (χ1) is 10.8. The summed E-state index contributed by atoms with van der Waals surface area (Å²) >= 11 is 0. The molecule has 2 aromatic rings. The molecule has 3 nitrogen and oxygen atoms in total. The van der Waals surface area contributed by atoms with Crippen LogP contribution < -0.4 is 10.1 Å². The van der Waals surface area contributed by atoms with Crippen LogP contribution >= 0.6 is 0 Å². The van der Waals surface area contributed by atoms with Crippen LogP contribution in [0.15, 0.2) is 48.5 Å². The lowest BCUT2D eigenvalue weighted by Gasteiger charge is -2.23. The second-order valence-electron chi connectivity index (χ2n) is 5.72. The third kappa shape index (κ3) is 3.87. The first-order valence-corrected chi connectivity index (χ1v) is 7.91. The van der Waals surface area contributed by atoms with E-state index in [0.29, 0.717) is 12.7 Å². The molecule has 22 heavy (non-hydrogen) atoms. The molecule has 0 unspecified atom stereocenters. The molecule has 0 bridgehead atoms. The van der Waals surface area contributed by atoms with E-state index in [-0.39, 0.29) is 0 Å². The van der Waals surface area contributed by atoms with Gasteiger partial charge in [0.2, 0.25) is 0 Å². The molecule has 1 saturated heterocycles. The Hall–Kier alpha value is -1.84. The number of ether oxygens (including phenoxy) is 2. The monoisotopic (exact) mass is 297 g/mol. The van der Waals surface area contributed by atoms with E-state index in [1.807, 2.05) is 0 Å².